The summed E-state index contributed by atoms with van der Waals surface area (Å²) in [4.78, 5) is 34.0. The van der Waals surface area contributed by atoms with E-state index in [0.717, 1.165) is 5.69 Å². The highest BCUT2D eigenvalue weighted by Crippen LogP contribution is 2.18. The van der Waals surface area contributed by atoms with Gasteiger partial charge in [0, 0.05) is 18.0 Å². The maximum Gasteiger partial charge on any atom is 0.270 e. The molecular weight excluding hydrogens is 394 g/mol. The number of amides is 2. The molecule has 2 heterocycles. The summed E-state index contributed by atoms with van der Waals surface area (Å²) in [6.45, 7) is 0. The molecular formula is C22H19N7O2. The predicted octanol–water partition coefficient (Wildman–Crippen LogP) is 3.05. The summed E-state index contributed by atoms with van der Waals surface area (Å²) >= 11 is 0. The lowest BCUT2D eigenvalue weighted by atomic mass is 10.1. The van der Waals surface area contributed by atoms with Gasteiger partial charge in [-0.3, -0.25) is 14.7 Å². The second-order valence-corrected chi connectivity index (χ2v) is 6.57. The normalized spacial score (nSPS) is 11.4. The summed E-state index contributed by atoms with van der Waals surface area (Å²) in [6, 6.07) is 19.0. The number of benzene rings is 2. The van der Waals surface area contributed by atoms with Crippen molar-refractivity contribution in [1.82, 2.24) is 25.5 Å². The maximum atomic E-state index is 12.9. The number of H-pyrrole nitrogens is 1. The molecule has 0 saturated carbocycles. The quantitative estimate of drug-likeness (QED) is 0.369. The molecule has 0 bridgehead atoms. The van der Waals surface area contributed by atoms with Gasteiger partial charge in [-0.2, -0.15) is 5.10 Å². The molecule has 9 nitrogen and oxygen atoms in total. The monoisotopic (exact) mass is 413 g/mol. The average Bonchev–Trinajstić information content (AvgIpc) is 3.32. The third-order valence-electron chi connectivity index (χ3n) is 4.38. The third-order valence-corrected chi connectivity index (χ3v) is 4.38. The van der Waals surface area contributed by atoms with Crippen molar-refractivity contribution in [2.75, 3.05) is 10.6 Å². The Morgan fingerprint density at radius 2 is 1.65 bits per heavy atom. The fourth-order valence-electron chi connectivity index (χ4n) is 2.90. The molecule has 0 fully saturated rings. The number of aromatic nitrogens is 4. The summed E-state index contributed by atoms with van der Waals surface area (Å²) in [5.41, 5.74) is 2.09. The maximum absolute atomic E-state index is 12.9. The Bertz CT molecular complexity index is 1150. The first-order chi connectivity index (χ1) is 15.2. The van der Waals surface area contributed by atoms with Crippen molar-refractivity contribution in [3.8, 4) is 0 Å². The van der Waals surface area contributed by atoms with Gasteiger partial charge in [0.25, 0.3) is 11.8 Å². The van der Waals surface area contributed by atoms with Crippen molar-refractivity contribution in [2.45, 2.75) is 6.04 Å². The smallest absolute Gasteiger partial charge is 0.270 e. The first-order valence-electron chi connectivity index (χ1n) is 9.48. The van der Waals surface area contributed by atoms with Crippen LogP contribution in [-0.2, 0) is 4.79 Å². The van der Waals surface area contributed by atoms with Gasteiger partial charge in [-0.15, -0.1) is 0 Å². The van der Waals surface area contributed by atoms with E-state index in [2.05, 4.69) is 36.1 Å². The van der Waals surface area contributed by atoms with Crippen LogP contribution in [0.25, 0.3) is 0 Å². The summed E-state index contributed by atoms with van der Waals surface area (Å²) < 4.78 is 0. The highest BCUT2D eigenvalue weighted by atomic mass is 16.2. The summed E-state index contributed by atoms with van der Waals surface area (Å²) in [5, 5.41) is 15.0. The van der Waals surface area contributed by atoms with Crippen LogP contribution < -0.4 is 16.0 Å². The van der Waals surface area contributed by atoms with E-state index in [0.29, 0.717) is 17.1 Å². The van der Waals surface area contributed by atoms with Crippen molar-refractivity contribution in [2.24, 2.45) is 0 Å². The molecule has 4 rings (SSSR count). The largest absolute Gasteiger partial charge is 0.340 e. The van der Waals surface area contributed by atoms with Crippen molar-refractivity contribution in [1.29, 1.82) is 0 Å². The predicted molar refractivity (Wildman–Crippen MR) is 116 cm³/mol. The lowest BCUT2D eigenvalue weighted by Crippen LogP contribution is -2.37. The Morgan fingerprint density at radius 1 is 0.903 bits per heavy atom. The highest BCUT2D eigenvalue weighted by molar-refractivity contribution is 6.01. The van der Waals surface area contributed by atoms with E-state index in [1.54, 1.807) is 30.5 Å². The Balaban J connectivity index is 1.53. The standard InChI is InChI=1S/C22H19N7O2/c30-21(18-11-19(24-14-23-18)27-16-9-5-2-6-10-16)29-20(15-7-3-1-4-8-15)22(31)28-17-12-25-26-13-17/h1-14,20H,(H,25,26)(H,28,31)(H,29,30)(H,23,24,27). The molecule has 154 valence electrons. The zero-order valence-corrected chi connectivity index (χ0v) is 16.3. The summed E-state index contributed by atoms with van der Waals surface area (Å²) in [6.07, 6.45) is 4.32. The molecule has 2 amide bonds. The number of anilines is 3. The van der Waals surface area contributed by atoms with Crippen LogP contribution in [0, 0.1) is 0 Å². The van der Waals surface area contributed by atoms with Crippen LogP contribution in [0.1, 0.15) is 22.1 Å². The van der Waals surface area contributed by atoms with E-state index in [1.165, 1.54) is 18.6 Å². The second kappa shape index (κ2) is 9.31. The van der Waals surface area contributed by atoms with Gasteiger partial charge in [-0.25, -0.2) is 9.97 Å². The molecule has 4 aromatic rings. The summed E-state index contributed by atoms with van der Waals surface area (Å²) in [5.74, 6) is -0.446. The minimum atomic E-state index is -0.927. The van der Waals surface area contributed by atoms with Crippen LogP contribution in [0.15, 0.2) is 85.5 Å². The molecule has 2 aromatic heterocycles. The zero-order chi connectivity index (χ0) is 21.5. The van der Waals surface area contributed by atoms with Gasteiger partial charge in [0.2, 0.25) is 0 Å². The fourth-order valence-corrected chi connectivity index (χ4v) is 2.90. The molecule has 1 atom stereocenters. The SMILES string of the molecule is O=C(NC(C(=O)Nc1cn[nH]c1)c1ccccc1)c1cc(Nc2ccccc2)ncn1. The Hall–Kier alpha value is -4.53. The van der Waals surface area contributed by atoms with E-state index in [4.69, 9.17) is 0 Å². The Kier molecular flexibility index (Phi) is 5.94. The lowest BCUT2D eigenvalue weighted by molar-refractivity contribution is -0.118. The molecule has 0 saturated heterocycles. The lowest BCUT2D eigenvalue weighted by Gasteiger charge is -2.18. The van der Waals surface area contributed by atoms with Crippen LogP contribution in [0.3, 0.4) is 0 Å². The van der Waals surface area contributed by atoms with Crippen molar-refractivity contribution >= 4 is 29.0 Å². The van der Waals surface area contributed by atoms with Gasteiger partial charge in [0.15, 0.2) is 0 Å². The molecule has 0 aliphatic carbocycles. The number of para-hydroxylation sites is 1. The second-order valence-electron chi connectivity index (χ2n) is 6.57. The van der Waals surface area contributed by atoms with Crippen molar-refractivity contribution in [3.63, 3.8) is 0 Å². The van der Waals surface area contributed by atoms with Gasteiger partial charge < -0.3 is 16.0 Å². The number of hydrogen-bond donors (Lipinski definition) is 4. The summed E-state index contributed by atoms with van der Waals surface area (Å²) in [7, 11) is 0. The molecule has 0 aliphatic rings. The van der Waals surface area contributed by atoms with E-state index >= 15 is 0 Å². The van der Waals surface area contributed by atoms with Gasteiger partial charge in [0.1, 0.15) is 23.9 Å². The van der Waals surface area contributed by atoms with Crippen LogP contribution in [0.4, 0.5) is 17.2 Å². The van der Waals surface area contributed by atoms with Gasteiger partial charge >= 0.3 is 0 Å². The van der Waals surface area contributed by atoms with Crippen molar-refractivity contribution < 1.29 is 9.59 Å². The van der Waals surface area contributed by atoms with Gasteiger partial charge in [0.05, 0.1) is 11.9 Å². The van der Waals surface area contributed by atoms with Gasteiger partial charge in [-0.05, 0) is 17.7 Å². The first-order valence-corrected chi connectivity index (χ1v) is 9.48. The Morgan fingerprint density at radius 3 is 2.35 bits per heavy atom. The zero-order valence-electron chi connectivity index (χ0n) is 16.3. The topological polar surface area (TPSA) is 125 Å². The van der Waals surface area contributed by atoms with E-state index < -0.39 is 17.9 Å². The fraction of sp³-hybridized carbons (Fsp3) is 0.0455. The molecule has 0 radical (unpaired) electrons. The average molecular weight is 413 g/mol. The number of aromatic amines is 1. The number of rotatable bonds is 7. The molecule has 0 aliphatic heterocycles. The van der Waals surface area contributed by atoms with E-state index in [-0.39, 0.29) is 5.69 Å². The molecule has 2 aromatic carbocycles. The van der Waals surface area contributed by atoms with Crippen LogP contribution >= 0.6 is 0 Å². The molecule has 0 spiro atoms. The molecule has 31 heavy (non-hydrogen) atoms. The number of carbonyl (C=O) groups is 2. The third kappa shape index (κ3) is 5.10. The van der Waals surface area contributed by atoms with E-state index in [9.17, 15) is 9.59 Å². The number of nitrogens with zero attached hydrogens (tertiary/aromatic N) is 3. The number of nitrogens with one attached hydrogen (secondary N) is 4. The van der Waals surface area contributed by atoms with Gasteiger partial charge in [-0.1, -0.05) is 48.5 Å². The minimum absolute atomic E-state index is 0.130. The van der Waals surface area contributed by atoms with Crippen LogP contribution in [0.5, 0.6) is 0 Å². The number of carbonyl (C=O) groups excluding carboxylic acids is 2. The van der Waals surface area contributed by atoms with Crippen molar-refractivity contribution in [3.05, 3.63) is 96.7 Å². The highest BCUT2D eigenvalue weighted by Gasteiger charge is 2.24. The Labute approximate surface area is 178 Å². The van der Waals surface area contributed by atoms with Crippen LogP contribution in [-0.4, -0.2) is 32.0 Å². The van der Waals surface area contributed by atoms with E-state index in [1.807, 2.05) is 36.4 Å². The first kappa shape index (κ1) is 19.8. The molecule has 9 heteroatoms. The number of hydrogen-bond acceptors (Lipinski definition) is 6. The minimum Gasteiger partial charge on any atom is -0.340 e. The van der Waals surface area contributed by atoms with Crippen LogP contribution in [0.2, 0.25) is 0 Å². The molecule has 4 N–H and O–H groups in total. The molecule has 1 unspecified atom stereocenters.